The molecule has 0 bridgehead atoms. The smallest absolute Gasteiger partial charge is 0.0103 e. The number of nitrogens with one attached hydrogen (secondary N) is 1. The van der Waals surface area contributed by atoms with E-state index in [4.69, 9.17) is 0 Å². The average Bonchev–Trinajstić information content (AvgIpc) is 2.39. The maximum atomic E-state index is 3.66. The molecule has 0 saturated carbocycles. The third-order valence-electron chi connectivity index (χ3n) is 3.38. The number of unbranched alkanes of at least 4 members (excludes halogenated alkanes) is 5. The molecule has 0 rings (SSSR count). The fourth-order valence-electron chi connectivity index (χ4n) is 2.24. The second-order valence-corrected chi connectivity index (χ2v) is 5.17. The van der Waals surface area contributed by atoms with Crippen molar-refractivity contribution in [2.45, 2.75) is 91.0 Å². The highest BCUT2D eigenvalue weighted by atomic mass is 14.9. The molecule has 1 heteroatoms. The lowest BCUT2D eigenvalue weighted by molar-refractivity contribution is 0.434. The van der Waals surface area contributed by atoms with Crippen LogP contribution < -0.4 is 5.32 Å². The predicted octanol–water partition coefficient (Wildman–Crippen LogP) is 4.91. The van der Waals surface area contributed by atoms with Gasteiger partial charge in [-0.1, -0.05) is 52.4 Å². The monoisotopic (exact) mass is 251 g/mol. The van der Waals surface area contributed by atoms with Gasteiger partial charge in [0.25, 0.3) is 0 Å². The molecule has 1 atom stereocenters. The van der Waals surface area contributed by atoms with Gasteiger partial charge < -0.3 is 5.32 Å². The Morgan fingerprint density at radius 3 is 2.28 bits per heavy atom. The van der Waals surface area contributed by atoms with Crippen molar-refractivity contribution in [3.05, 3.63) is 0 Å². The van der Waals surface area contributed by atoms with Crippen LogP contribution in [0.15, 0.2) is 0 Å². The highest BCUT2D eigenvalue weighted by molar-refractivity contribution is 4.95. The maximum Gasteiger partial charge on any atom is 0.0103 e. The lowest BCUT2D eigenvalue weighted by Gasteiger charge is -2.17. The van der Waals surface area contributed by atoms with Gasteiger partial charge in [-0.3, -0.25) is 0 Å². The van der Waals surface area contributed by atoms with Gasteiger partial charge in [0.15, 0.2) is 0 Å². The van der Waals surface area contributed by atoms with Crippen LogP contribution >= 0.6 is 0 Å². The molecule has 0 spiro atoms. The van der Waals surface area contributed by atoms with E-state index in [1.807, 2.05) is 6.92 Å². The summed E-state index contributed by atoms with van der Waals surface area (Å²) in [7, 11) is 0. The molecule has 0 aromatic rings. The normalized spacial score (nSPS) is 11.9. The van der Waals surface area contributed by atoms with Crippen LogP contribution in [0.4, 0.5) is 0 Å². The minimum absolute atomic E-state index is 0.692. The summed E-state index contributed by atoms with van der Waals surface area (Å²) < 4.78 is 0. The van der Waals surface area contributed by atoms with Gasteiger partial charge in [-0.05, 0) is 32.7 Å². The van der Waals surface area contributed by atoms with E-state index in [2.05, 4.69) is 31.0 Å². The van der Waals surface area contributed by atoms with Crippen molar-refractivity contribution in [2.24, 2.45) is 0 Å². The SMILES string of the molecule is CC#CCCC(CCCCCCCC)NCCC. The van der Waals surface area contributed by atoms with Crippen LogP contribution in [0.3, 0.4) is 0 Å². The summed E-state index contributed by atoms with van der Waals surface area (Å²) in [6, 6.07) is 0.692. The molecule has 0 radical (unpaired) electrons. The molecule has 0 aromatic heterocycles. The summed E-state index contributed by atoms with van der Waals surface area (Å²) in [6.45, 7) is 7.60. The predicted molar refractivity (Wildman–Crippen MR) is 82.8 cm³/mol. The molecule has 0 aromatic carbocycles. The first-order valence-electron chi connectivity index (χ1n) is 7.98. The second-order valence-electron chi connectivity index (χ2n) is 5.17. The van der Waals surface area contributed by atoms with Crippen molar-refractivity contribution in [3.8, 4) is 11.8 Å². The van der Waals surface area contributed by atoms with E-state index >= 15 is 0 Å². The van der Waals surface area contributed by atoms with Crippen LogP contribution in [0, 0.1) is 11.8 Å². The Kier molecular flexibility index (Phi) is 14.2. The summed E-state index contributed by atoms with van der Waals surface area (Å²) in [6.07, 6.45) is 13.2. The first kappa shape index (κ1) is 17.5. The molecule has 1 N–H and O–H groups in total. The molecular formula is C17H33N. The molecule has 0 saturated heterocycles. The van der Waals surface area contributed by atoms with Gasteiger partial charge in [0.05, 0.1) is 0 Å². The molecule has 0 amide bonds. The van der Waals surface area contributed by atoms with Gasteiger partial charge >= 0.3 is 0 Å². The summed E-state index contributed by atoms with van der Waals surface area (Å²) >= 11 is 0. The van der Waals surface area contributed by atoms with E-state index in [0.29, 0.717) is 6.04 Å². The highest BCUT2D eigenvalue weighted by Gasteiger charge is 2.06. The molecule has 0 aliphatic rings. The van der Waals surface area contributed by atoms with E-state index in [-0.39, 0.29) is 0 Å². The quantitative estimate of drug-likeness (QED) is 0.384. The van der Waals surface area contributed by atoms with Gasteiger partial charge in [0.1, 0.15) is 0 Å². The molecular weight excluding hydrogens is 218 g/mol. The molecule has 1 unspecified atom stereocenters. The van der Waals surface area contributed by atoms with E-state index < -0.39 is 0 Å². The molecule has 0 fully saturated rings. The zero-order valence-electron chi connectivity index (χ0n) is 12.9. The average molecular weight is 251 g/mol. The Hall–Kier alpha value is -0.480. The van der Waals surface area contributed by atoms with Crippen LogP contribution in [0.5, 0.6) is 0 Å². The van der Waals surface area contributed by atoms with Crippen LogP contribution in [0.2, 0.25) is 0 Å². The fourth-order valence-corrected chi connectivity index (χ4v) is 2.24. The van der Waals surface area contributed by atoms with E-state index in [9.17, 15) is 0 Å². The standard InChI is InChI=1S/C17H33N/c1-4-7-9-10-11-13-15-17(18-16-6-3)14-12-8-5-2/h17-18H,4,6-7,9-16H2,1-3H3. The van der Waals surface area contributed by atoms with Crippen molar-refractivity contribution < 1.29 is 0 Å². The number of hydrogen-bond acceptors (Lipinski definition) is 1. The Balaban J connectivity index is 3.60. The number of hydrogen-bond donors (Lipinski definition) is 1. The molecule has 106 valence electrons. The lowest BCUT2D eigenvalue weighted by atomic mass is 10.0. The molecule has 0 aliphatic heterocycles. The summed E-state index contributed by atoms with van der Waals surface area (Å²) in [5, 5.41) is 3.66. The minimum atomic E-state index is 0.692. The van der Waals surface area contributed by atoms with Gasteiger partial charge in [-0.25, -0.2) is 0 Å². The topological polar surface area (TPSA) is 12.0 Å². The van der Waals surface area contributed by atoms with Gasteiger partial charge in [0.2, 0.25) is 0 Å². The first-order valence-corrected chi connectivity index (χ1v) is 7.98. The Morgan fingerprint density at radius 1 is 0.889 bits per heavy atom. The third-order valence-corrected chi connectivity index (χ3v) is 3.38. The van der Waals surface area contributed by atoms with Gasteiger partial charge in [-0.2, -0.15) is 0 Å². The fraction of sp³-hybridized carbons (Fsp3) is 0.882. The summed E-state index contributed by atoms with van der Waals surface area (Å²) in [4.78, 5) is 0. The highest BCUT2D eigenvalue weighted by Crippen LogP contribution is 2.11. The van der Waals surface area contributed by atoms with Crippen LogP contribution in [0.1, 0.15) is 85.0 Å². The third kappa shape index (κ3) is 12.0. The van der Waals surface area contributed by atoms with Gasteiger partial charge in [0, 0.05) is 12.5 Å². The molecule has 1 nitrogen and oxygen atoms in total. The van der Waals surface area contributed by atoms with E-state index in [0.717, 1.165) is 13.0 Å². The van der Waals surface area contributed by atoms with Crippen molar-refractivity contribution in [1.82, 2.24) is 5.32 Å². The van der Waals surface area contributed by atoms with Crippen molar-refractivity contribution in [3.63, 3.8) is 0 Å². The van der Waals surface area contributed by atoms with Gasteiger partial charge in [-0.15, -0.1) is 11.8 Å². The molecule has 0 aliphatic carbocycles. The Bertz CT molecular complexity index is 211. The van der Waals surface area contributed by atoms with Crippen LogP contribution in [0.25, 0.3) is 0 Å². The van der Waals surface area contributed by atoms with E-state index in [1.165, 1.54) is 57.8 Å². The largest absolute Gasteiger partial charge is 0.314 e. The van der Waals surface area contributed by atoms with Crippen molar-refractivity contribution >= 4 is 0 Å². The van der Waals surface area contributed by atoms with Crippen molar-refractivity contribution in [1.29, 1.82) is 0 Å². The lowest BCUT2D eigenvalue weighted by Crippen LogP contribution is -2.29. The zero-order chi connectivity index (χ0) is 13.5. The van der Waals surface area contributed by atoms with Crippen LogP contribution in [-0.4, -0.2) is 12.6 Å². The Morgan fingerprint density at radius 2 is 1.61 bits per heavy atom. The minimum Gasteiger partial charge on any atom is -0.314 e. The first-order chi connectivity index (χ1) is 8.85. The number of rotatable bonds is 12. The second kappa shape index (κ2) is 14.6. The summed E-state index contributed by atoms with van der Waals surface area (Å²) in [5.41, 5.74) is 0. The van der Waals surface area contributed by atoms with Crippen molar-refractivity contribution in [2.75, 3.05) is 6.54 Å². The zero-order valence-corrected chi connectivity index (χ0v) is 12.9. The van der Waals surface area contributed by atoms with Crippen LogP contribution in [-0.2, 0) is 0 Å². The molecule has 0 heterocycles. The molecule has 18 heavy (non-hydrogen) atoms. The Labute approximate surface area is 115 Å². The summed E-state index contributed by atoms with van der Waals surface area (Å²) in [5.74, 6) is 6.18. The van der Waals surface area contributed by atoms with E-state index in [1.54, 1.807) is 0 Å². The maximum absolute atomic E-state index is 3.66.